The Morgan fingerprint density at radius 1 is 1.50 bits per heavy atom. The largest absolute Gasteiger partial charge is 0.338 e. The van der Waals surface area contributed by atoms with Crippen LogP contribution in [0.1, 0.15) is 0 Å². The second-order valence-corrected chi connectivity index (χ2v) is 3.68. The molecule has 0 unspecified atom stereocenters. The Hall–Kier alpha value is 1.21. The van der Waals surface area contributed by atoms with Crippen LogP contribution in [0.15, 0.2) is 8.52 Å². The third-order valence-corrected chi connectivity index (χ3v) is 2.26. The van der Waals surface area contributed by atoms with E-state index in [1.54, 1.807) is 0 Å². The second kappa shape index (κ2) is 4.10. The molecule has 1 aromatic rings. The molecule has 1 rings (SSSR count). The molecule has 0 aromatic carbocycles. The summed E-state index contributed by atoms with van der Waals surface area (Å²) >= 11 is 7.76. The van der Waals surface area contributed by atoms with Gasteiger partial charge in [0, 0.05) is 28.0 Å². The van der Waals surface area contributed by atoms with Crippen molar-refractivity contribution in [3.8, 4) is 0 Å². The average Bonchev–Trinajstić information content (AvgIpc) is 1.87. The molecule has 0 atom stereocenters. The van der Waals surface area contributed by atoms with E-state index >= 15 is 0 Å². The van der Waals surface area contributed by atoms with Crippen molar-refractivity contribution in [2.45, 2.75) is 0 Å². The van der Waals surface area contributed by atoms with Crippen molar-refractivity contribution in [1.82, 2.24) is 4.98 Å². The molecule has 0 aliphatic carbocycles. The van der Waals surface area contributed by atoms with E-state index in [4.69, 9.17) is 0 Å². The van der Waals surface area contributed by atoms with Gasteiger partial charge in [0.1, 0.15) is 0 Å². The molecule has 0 aliphatic rings. The summed E-state index contributed by atoms with van der Waals surface area (Å²) in [7, 11) is 0. The molecule has 0 aliphatic heterocycles. The standard InChI is InChI=1S/C3Br2NS.Zn/c4-2-1-7-3(5)6-2;/q-1;. The Balaban J connectivity index is 0.000000490. The van der Waals surface area contributed by atoms with Crippen molar-refractivity contribution in [3.63, 3.8) is 0 Å². The third kappa shape index (κ3) is 2.67. The maximum atomic E-state index is 3.91. The minimum Gasteiger partial charge on any atom is -0.338 e. The molecular formula is C3Br2NSZn-. The molecule has 0 saturated carbocycles. The number of hydrogen-bond donors (Lipinski definition) is 0. The maximum absolute atomic E-state index is 3.91. The van der Waals surface area contributed by atoms with Crippen LogP contribution < -0.4 is 0 Å². The van der Waals surface area contributed by atoms with Gasteiger partial charge in [0.25, 0.3) is 0 Å². The maximum Gasteiger partial charge on any atom is 0.00655 e. The summed E-state index contributed by atoms with van der Waals surface area (Å²) in [6.45, 7) is 0. The monoisotopic (exact) mass is 304 g/mol. The van der Waals surface area contributed by atoms with Crippen LogP contribution in [0.25, 0.3) is 0 Å². The van der Waals surface area contributed by atoms with Crippen LogP contribution in [0, 0.1) is 5.38 Å². The molecule has 0 bridgehead atoms. The molecule has 0 amide bonds. The van der Waals surface area contributed by atoms with E-state index in [1.807, 2.05) is 0 Å². The molecule has 0 spiro atoms. The number of rotatable bonds is 0. The number of hydrogen-bond acceptors (Lipinski definition) is 2. The first-order valence-corrected chi connectivity index (χ1v) is 3.89. The summed E-state index contributed by atoms with van der Waals surface area (Å²) in [6.07, 6.45) is 0. The van der Waals surface area contributed by atoms with Gasteiger partial charge >= 0.3 is 0 Å². The van der Waals surface area contributed by atoms with E-state index in [0.29, 0.717) is 0 Å². The number of halogens is 2. The van der Waals surface area contributed by atoms with Crippen molar-refractivity contribution in [1.29, 1.82) is 0 Å². The Kier molecular flexibility index (Phi) is 4.72. The van der Waals surface area contributed by atoms with E-state index in [9.17, 15) is 0 Å². The molecule has 0 fully saturated rings. The summed E-state index contributed by atoms with van der Waals surface area (Å²) in [5.41, 5.74) is 0. The van der Waals surface area contributed by atoms with Crippen LogP contribution in [-0.2, 0) is 19.5 Å². The first-order chi connectivity index (χ1) is 3.29. The fraction of sp³-hybridized carbons (Fsp3) is 0. The van der Waals surface area contributed by atoms with E-state index in [1.165, 1.54) is 11.3 Å². The van der Waals surface area contributed by atoms with Gasteiger partial charge in [0.15, 0.2) is 0 Å². The quantitative estimate of drug-likeness (QED) is 0.530. The molecule has 0 N–H and O–H groups in total. The zero-order valence-corrected chi connectivity index (χ0v) is 10.8. The molecule has 40 valence electrons. The van der Waals surface area contributed by atoms with Crippen LogP contribution in [0.3, 0.4) is 0 Å². The Labute approximate surface area is 80.9 Å². The first kappa shape index (κ1) is 9.21. The summed E-state index contributed by atoms with van der Waals surface area (Å²) in [6, 6.07) is 0. The van der Waals surface area contributed by atoms with E-state index in [2.05, 4.69) is 42.2 Å². The van der Waals surface area contributed by atoms with Gasteiger partial charge in [-0.15, -0.1) is 15.9 Å². The fourth-order valence-electron chi connectivity index (χ4n) is 0.207. The van der Waals surface area contributed by atoms with Crippen LogP contribution in [-0.4, -0.2) is 4.98 Å². The normalized spacial score (nSPS) is 8.25. The molecule has 1 nitrogen and oxygen atoms in total. The smallest absolute Gasteiger partial charge is 0.00655 e. The molecule has 8 heavy (non-hydrogen) atoms. The summed E-state index contributed by atoms with van der Waals surface area (Å²) in [5.74, 6) is 0. The Morgan fingerprint density at radius 2 is 2.12 bits per heavy atom. The summed E-state index contributed by atoms with van der Waals surface area (Å²) < 4.78 is 1.63. The topological polar surface area (TPSA) is 12.9 Å². The molecular weight excluding hydrogens is 307 g/mol. The third-order valence-electron chi connectivity index (χ3n) is 0.406. The minimum atomic E-state index is 0. The molecule has 5 heteroatoms. The van der Waals surface area contributed by atoms with Gasteiger partial charge in [0.2, 0.25) is 0 Å². The molecule has 0 radical (unpaired) electrons. The van der Waals surface area contributed by atoms with Gasteiger partial charge in [-0.05, 0) is 0 Å². The summed E-state index contributed by atoms with van der Waals surface area (Å²) in [4.78, 5) is 3.91. The number of nitrogens with zero attached hydrogens (tertiary/aromatic N) is 1. The Morgan fingerprint density at radius 3 is 2.25 bits per heavy atom. The van der Waals surface area contributed by atoms with Gasteiger partial charge in [-0.1, -0.05) is 15.9 Å². The molecule has 1 aromatic heterocycles. The zero-order valence-electron chi connectivity index (χ0n) is 3.82. The first-order valence-electron chi connectivity index (χ1n) is 1.48. The zero-order chi connectivity index (χ0) is 5.28. The summed E-state index contributed by atoms with van der Waals surface area (Å²) in [5, 5.41) is 2.87. The van der Waals surface area contributed by atoms with Gasteiger partial charge in [-0.25, -0.2) is 0 Å². The van der Waals surface area contributed by atoms with Crippen LogP contribution in [0.5, 0.6) is 0 Å². The molecule has 0 saturated heterocycles. The van der Waals surface area contributed by atoms with E-state index < -0.39 is 0 Å². The second-order valence-electron chi connectivity index (χ2n) is 0.860. The van der Waals surface area contributed by atoms with E-state index in [-0.39, 0.29) is 19.5 Å². The average molecular weight is 307 g/mol. The van der Waals surface area contributed by atoms with Crippen molar-refractivity contribution >= 4 is 43.2 Å². The van der Waals surface area contributed by atoms with Crippen molar-refractivity contribution in [2.75, 3.05) is 0 Å². The SMILES string of the molecule is Brc1[c-]sc(Br)n1.[Zn]. The Bertz CT molecular complexity index is 150. The van der Waals surface area contributed by atoms with Gasteiger partial charge in [-0.2, -0.15) is 5.38 Å². The van der Waals surface area contributed by atoms with Crippen molar-refractivity contribution < 1.29 is 19.5 Å². The predicted molar refractivity (Wildman–Crippen MR) is 36.3 cm³/mol. The minimum absolute atomic E-state index is 0. The van der Waals surface area contributed by atoms with Gasteiger partial charge in [-0.3, -0.25) is 0 Å². The van der Waals surface area contributed by atoms with Gasteiger partial charge < -0.3 is 16.3 Å². The number of thiazole rings is 1. The fourth-order valence-corrected chi connectivity index (χ4v) is 1.75. The van der Waals surface area contributed by atoms with Crippen LogP contribution in [0.2, 0.25) is 0 Å². The van der Waals surface area contributed by atoms with Crippen molar-refractivity contribution in [2.24, 2.45) is 0 Å². The predicted octanol–water partition coefficient (Wildman–Crippen LogP) is 2.47. The van der Waals surface area contributed by atoms with Crippen LogP contribution >= 0.6 is 43.2 Å². The van der Waals surface area contributed by atoms with E-state index in [0.717, 1.165) is 8.52 Å². The molecule has 1 heterocycles. The van der Waals surface area contributed by atoms with Crippen molar-refractivity contribution in [3.05, 3.63) is 13.9 Å². The number of aromatic nitrogens is 1. The van der Waals surface area contributed by atoms with Gasteiger partial charge in [0.05, 0.1) is 0 Å². The van der Waals surface area contributed by atoms with Crippen LogP contribution in [0.4, 0.5) is 0 Å².